The second-order valence-electron chi connectivity index (χ2n) is 6.90. The highest BCUT2D eigenvalue weighted by Gasteiger charge is 2.52. The van der Waals surface area contributed by atoms with E-state index < -0.39 is 23.4 Å². The minimum Gasteiger partial charge on any atom is -0.322 e. The number of hydrazine groups is 1. The van der Waals surface area contributed by atoms with Crippen LogP contribution in [0, 0.1) is 5.82 Å². The quantitative estimate of drug-likeness (QED) is 0.747. The fourth-order valence-electron chi connectivity index (χ4n) is 3.53. The molecule has 0 unspecified atom stereocenters. The van der Waals surface area contributed by atoms with Gasteiger partial charge in [-0.15, -0.1) is 10.2 Å². The molecule has 1 aliphatic heterocycles. The van der Waals surface area contributed by atoms with E-state index in [2.05, 4.69) is 26.2 Å². The molecular weight excluding hydrogens is 369 g/mol. The lowest BCUT2D eigenvalue weighted by atomic mass is 9.82. The number of hydrogen-bond acceptors (Lipinski definition) is 6. The summed E-state index contributed by atoms with van der Waals surface area (Å²) in [6.07, 6.45) is 3.85. The van der Waals surface area contributed by atoms with Crippen LogP contribution in [-0.4, -0.2) is 48.6 Å². The predicted molar refractivity (Wildman–Crippen MR) is 92.5 cm³/mol. The Morgan fingerprint density at radius 2 is 1.89 bits per heavy atom. The van der Waals surface area contributed by atoms with Crippen molar-refractivity contribution in [1.29, 1.82) is 0 Å². The molecule has 4 rings (SSSR count). The summed E-state index contributed by atoms with van der Waals surface area (Å²) in [5.74, 6) is -1.24. The summed E-state index contributed by atoms with van der Waals surface area (Å²) in [6, 6.07) is 4.88. The standard InChI is InChI=1S/C17H18FN7O3/c18-12-6-4-11(5-7-12)14-20-23-24(22-14)10-13(26)21-25-15(27)17(19-16(25)28)8-2-1-3-9-17/h4-7H,1-3,8-10H2,(H,19,28)(H,21,26). The highest BCUT2D eigenvalue weighted by molar-refractivity contribution is 6.07. The number of halogens is 1. The van der Waals surface area contributed by atoms with Gasteiger partial charge in [0.15, 0.2) is 0 Å². The summed E-state index contributed by atoms with van der Waals surface area (Å²) in [5, 5.41) is 15.1. The first-order chi connectivity index (χ1) is 13.5. The fourth-order valence-corrected chi connectivity index (χ4v) is 3.53. The largest absolute Gasteiger partial charge is 0.344 e. The number of carbonyl (C=O) groups is 3. The zero-order valence-electron chi connectivity index (χ0n) is 14.9. The highest BCUT2D eigenvalue weighted by Crippen LogP contribution is 2.32. The maximum Gasteiger partial charge on any atom is 0.344 e. The number of benzene rings is 1. The Morgan fingerprint density at radius 3 is 2.61 bits per heavy atom. The Kier molecular flexibility index (Phi) is 4.49. The summed E-state index contributed by atoms with van der Waals surface area (Å²) in [7, 11) is 0. The number of carbonyl (C=O) groups excluding carboxylic acids is 3. The van der Waals surface area contributed by atoms with Crippen LogP contribution in [0.2, 0.25) is 0 Å². The van der Waals surface area contributed by atoms with Gasteiger partial charge >= 0.3 is 6.03 Å². The molecule has 1 aromatic heterocycles. The molecule has 0 atom stereocenters. The van der Waals surface area contributed by atoms with E-state index in [0.29, 0.717) is 18.4 Å². The van der Waals surface area contributed by atoms with Gasteiger partial charge in [-0.1, -0.05) is 19.3 Å². The van der Waals surface area contributed by atoms with Crippen molar-refractivity contribution >= 4 is 17.8 Å². The predicted octanol–water partition coefficient (Wildman–Crippen LogP) is 0.765. The van der Waals surface area contributed by atoms with Crippen molar-refractivity contribution in [1.82, 2.24) is 36.0 Å². The summed E-state index contributed by atoms with van der Waals surface area (Å²) in [5.41, 5.74) is 1.94. The van der Waals surface area contributed by atoms with Crippen LogP contribution >= 0.6 is 0 Å². The third kappa shape index (κ3) is 3.30. The fraction of sp³-hybridized carbons (Fsp3) is 0.412. The van der Waals surface area contributed by atoms with Crippen LogP contribution in [0.5, 0.6) is 0 Å². The van der Waals surface area contributed by atoms with E-state index in [9.17, 15) is 18.8 Å². The molecule has 2 heterocycles. The van der Waals surface area contributed by atoms with Crippen molar-refractivity contribution < 1.29 is 18.8 Å². The first kappa shape index (κ1) is 18.0. The first-order valence-corrected chi connectivity index (χ1v) is 8.97. The highest BCUT2D eigenvalue weighted by atomic mass is 19.1. The van der Waals surface area contributed by atoms with Gasteiger partial charge in [-0.2, -0.15) is 9.81 Å². The van der Waals surface area contributed by atoms with Crippen LogP contribution in [0.1, 0.15) is 32.1 Å². The zero-order chi connectivity index (χ0) is 19.7. The average molecular weight is 387 g/mol. The van der Waals surface area contributed by atoms with Crippen LogP contribution in [0.4, 0.5) is 9.18 Å². The van der Waals surface area contributed by atoms with Crippen molar-refractivity contribution in [3.05, 3.63) is 30.1 Å². The van der Waals surface area contributed by atoms with Crippen LogP contribution in [-0.2, 0) is 16.1 Å². The number of amides is 4. The van der Waals surface area contributed by atoms with E-state index in [-0.39, 0.29) is 18.2 Å². The Balaban J connectivity index is 1.40. The monoisotopic (exact) mass is 387 g/mol. The molecule has 146 valence electrons. The van der Waals surface area contributed by atoms with Gasteiger partial charge in [0.25, 0.3) is 11.8 Å². The third-order valence-corrected chi connectivity index (χ3v) is 4.95. The molecule has 11 heteroatoms. The minimum atomic E-state index is -0.913. The zero-order valence-corrected chi connectivity index (χ0v) is 14.9. The van der Waals surface area contributed by atoms with Crippen LogP contribution < -0.4 is 10.7 Å². The maximum atomic E-state index is 13.0. The maximum absolute atomic E-state index is 13.0. The van der Waals surface area contributed by atoms with Gasteiger partial charge in [0.2, 0.25) is 5.82 Å². The van der Waals surface area contributed by atoms with Gasteiger partial charge in [0.05, 0.1) is 0 Å². The molecule has 10 nitrogen and oxygen atoms in total. The van der Waals surface area contributed by atoms with Crippen molar-refractivity contribution in [2.75, 3.05) is 0 Å². The van der Waals surface area contributed by atoms with Crippen molar-refractivity contribution in [3.8, 4) is 11.4 Å². The van der Waals surface area contributed by atoms with E-state index in [0.717, 1.165) is 29.1 Å². The van der Waals surface area contributed by atoms with Crippen molar-refractivity contribution in [2.45, 2.75) is 44.2 Å². The van der Waals surface area contributed by atoms with Crippen molar-refractivity contribution in [3.63, 3.8) is 0 Å². The molecule has 1 saturated carbocycles. The van der Waals surface area contributed by atoms with Gasteiger partial charge in [0, 0.05) is 5.56 Å². The molecule has 2 aromatic rings. The summed E-state index contributed by atoms with van der Waals surface area (Å²) in [6.45, 7) is -0.335. The Bertz CT molecular complexity index is 921. The second-order valence-corrected chi connectivity index (χ2v) is 6.90. The molecule has 0 bridgehead atoms. The summed E-state index contributed by atoms with van der Waals surface area (Å²) in [4.78, 5) is 38.1. The minimum absolute atomic E-state index is 0.226. The Labute approximate surface area is 159 Å². The van der Waals surface area contributed by atoms with Crippen molar-refractivity contribution in [2.24, 2.45) is 0 Å². The van der Waals surface area contributed by atoms with Gasteiger partial charge < -0.3 is 5.32 Å². The molecule has 28 heavy (non-hydrogen) atoms. The van der Waals surface area contributed by atoms with Gasteiger partial charge in [0.1, 0.15) is 17.9 Å². The SMILES string of the molecule is O=C(Cn1nnc(-c2ccc(F)cc2)n1)NN1C(=O)NC2(CCCCC2)C1=O. The number of tetrazole rings is 1. The van der Waals surface area contributed by atoms with Crippen LogP contribution in [0.3, 0.4) is 0 Å². The number of aromatic nitrogens is 4. The second kappa shape index (κ2) is 6.98. The van der Waals surface area contributed by atoms with Gasteiger partial charge in [-0.3, -0.25) is 15.0 Å². The molecule has 1 saturated heterocycles. The van der Waals surface area contributed by atoms with E-state index in [1.807, 2.05) is 0 Å². The third-order valence-electron chi connectivity index (χ3n) is 4.95. The molecule has 1 aliphatic carbocycles. The Hall–Kier alpha value is -3.37. The molecule has 0 radical (unpaired) electrons. The van der Waals surface area contributed by atoms with Gasteiger partial charge in [-0.05, 0) is 42.3 Å². The average Bonchev–Trinajstić information content (AvgIpc) is 3.22. The molecule has 2 fully saturated rings. The molecule has 2 aliphatic rings. The normalized spacial score (nSPS) is 18.4. The van der Waals surface area contributed by atoms with Crippen LogP contribution in [0.15, 0.2) is 24.3 Å². The number of imide groups is 1. The van der Waals surface area contributed by atoms with Crippen LogP contribution in [0.25, 0.3) is 11.4 Å². The molecule has 1 spiro atoms. The first-order valence-electron chi connectivity index (χ1n) is 8.97. The lowest BCUT2D eigenvalue weighted by Gasteiger charge is -2.30. The Morgan fingerprint density at radius 1 is 1.18 bits per heavy atom. The van der Waals surface area contributed by atoms with E-state index in [1.165, 1.54) is 24.3 Å². The summed E-state index contributed by atoms with van der Waals surface area (Å²) >= 11 is 0. The number of nitrogens with zero attached hydrogens (tertiary/aromatic N) is 5. The van der Waals surface area contributed by atoms with E-state index in [1.54, 1.807) is 0 Å². The number of urea groups is 1. The smallest absolute Gasteiger partial charge is 0.322 e. The molecule has 4 amide bonds. The number of nitrogens with one attached hydrogen (secondary N) is 2. The lowest BCUT2D eigenvalue weighted by molar-refractivity contribution is -0.140. The topological polar surface area (TPSA) is 122 Å². The van der Waals surface area contributed by atoms with Gasteiger partial charge in [-0.25, -0.2) is 9.18 Å². The molecule has 1 aromatic carbocycles. The summed E-state index contributed by atoms with van der Waals surface area (Å²) < 4.78 is 13.0. The van der Waals surface area contributed by atoms with E-state index >= 15 is 0 Å². The lowest BCUT2D eigenvalue weighted by Crippen LogP contribution is -2.51. The number of rotatable bonds is 4. The van der Waals surface area contributed by atoms with E-state index in [4.69, 9.17) is 0 Å². The molecule has 2 N–H and O–H groups in total. The molecular formula is C17H18FN7O3. The number of hydrogen-bond donors (Lipinski definition) is 2.